The molecule has 1 aromatic heterocycles. The van der Waals surface area contributed by atoms with Crippen molar-refractivity contribution in [3.8, 4) is 11.5 Å². The lowest BCUT2D eigenvalue weighted by molar-refractivity contribution is 0.0455. The van der Waals surface area contributed by atoms with Gasteiger partial charge in [-0.05, 0) is 55.0 Å². The summed E-state index contributed by atoms with van der Waals surface area (Å²) in [5.41, 5.74) is 4.39. The molecule has 0 aliphatic carbocycles. The van der Waals surface area contributed by atoms with Crippen LogP contribution in [0.25, 0.3) is 11.0 Å². The fourth-order valence-electron chi connectivity index (χ4n) is 5.48. The third-order valence-electron chi connectivity index (χ3n) is 7.67. The Morgan fingerprint density at radius 1 is 1.02 bits per heavy atom. The van der Waals surface area contributed by atoms with Crippen LogP contribution >= 0.6 is 0 Å². The number of rotatable bonds is 8. The highest BCUT2D eigenvalue weighted by molar-refractivity contribution is 5.93. The second-order valence-electron chi connectivity index (χ2n) is 10.3. The maximum absolute atomic E-state index is 14.6. The lowest BCUT2D eigenvalue weighted by Crippen LogP contribution is -2.46. The number of aryl methyl sites for hydroxylation is 1. The molecule has 1 atom stereocenters. The van der Waals surface area contributed by atoms with E-state index in [2.05, 4.69) is 14.4 Å². The normalized spacial score (nSPS) is 16.2. The van der Waals surface area contributed by atoms with Crippen LogP contribution in [0, 0.1) is 12.7 Å². The number of piperazine rings is 1. The Balaban J connectivity index is 0.00000180. The van der Waals surface area contributed by atoms with Crippen molar-refractivity contribution in [1.29, 1.82) is 0 Å². The summed E-state index contributed by atoms with van der Waals surface area (Å²) >= 11 is 0. The first-order chi connectivity index (χ1) is 20.9. The molecule has 0 saturated carbocycles. The smallest absolute Gasteiger partial charge is 0.337 e. The SMILES string of the molecule is CC.COCCn1c(CN2CCN(c3cccc4c3OC(c3ccc(C)cc3F)O4)CC2)nc2ccc(C(=O)OC)cc21. The second-order valence-corrected chi connectivity index (χ2v) is 10.3. The largest absolute Gasteiger partial charge is 0.465 e. The number of halogens is 1. The molecule has 3 aromatic carbocycles. The van der Waals surface area contributed by atoms with Crippen molar-refractivity contribution in [2.75, 3.05) is 51.9 Å². The fraction of sp³-hybridized carbons (Fsp3) is 0.394. The van der Waals surface area contributed by atoms with E-state index in [4.69, 9.17) is 23.9 Å². The maximum Gasteiger partial charge on any atom is 0.337 e. The van der Waals surface area contributed by atoms with Crippen LogP contribution in [0.3, 0.4) is 0 Å². The van der Waals surface area contributed by atoms with E-state index in [1.807, 2.05) is 57.2 Å². The molecule has 2 aliphatic heterocycles. The van der Waals surface area contributed by atoms with Crippen molar-refractivity contribution in [2.24, 2.45) is 0 Å². The number of carbonyl (C=O) groups excluding carboxylic acids is 1. The maximum atomic E-state index is 14.6. The van der Waals surface area contributed by atoms with Crippen LogP contribution in [0.15, 0.2) is 54.6 Å². The third-order valence-corrected chi connectivity index (χ3v) is 7.67. The van der Waals surface area contributed by atoms with E-state index in [1.54, 1.807) is 19.2 Å². The van der Waals surface area contributed by atoms with Crippen LogP contribution in [-0.4, -0.2) is 67.4 Å². The number of ether oxygens (including phenoxy) is 4. The van der Waals surface area contributed by atoms with Gasteiger partial charge in [-0.3, -0.25) is 4.90 Å². The summed E-state index contributed by atoms with van der Waals surface area (Å²) in [6.07, 6.45) is -0.812. The Morgan fingerprint density at radius 3 is 2.53 bits per heavy atom. The van der Waals surface area contributed by atoms with E-state index < -0.39 is 6.29 Å². The van der Waals surface area contributed by atoms with E-state index in [-0.39, 0.29) is 11.8 Å². The van der Waals surface area contributed by atoms with Gasteiger partial charge in [-0.1, -0.05) is 26.0 Å². The summed E-state index contributed by atoms with van der Waals surface area (Å²) in [5.74, 6) is 1.48. The van der Waals surface area contributed by atoms with Crippen molar-refractivity contribution in [3.05, 3.63) is 82.9 Å². The van der Waals surface area contributed by atoms with Crippen LogP contribution in [0.5, 0.6) is 11.5 Å². The predicted octanol–water partition coefficient (Wildman–Crippen LogP) is 5.74. The van der Waals surface area contributed by atoms with Crippen LogP contribution in [0.1, 0.15) is 47.4 Å². The molecule has 0 N–H and O–H groups in total. The van der Waals surface area contributed by atoms with Crippen LogP contribution < -0.4 is 14.4 Å². The zero-order chi connectivity index (χ0) is 30.5. The van der Waals surface area contributed by atoms with Gasteiger partial charge in [0.25, 0.3) is 6.29 Å². The Hall–Kier alpha value is -4.15. The molecule has 10 heteroatoms. The monoisotopic (exact) mass is 590 g/mol. The first-order valence-corrected chi connectivity index (χ1v) is 14.7. The van der Waals surface area contributed by atoms with E-state index in [1.165, 1.54) is 13.2 Å². The zero-order valence-corrected chi connectivity index (χ0v) is 25.4. The van der Waals surface area contributed by atoms with Crippen LogP contribution in [0.2, 0.25) is 0 Å². The van der Waals surface area contributed by atoms with Crippen molar-refractivity contribution in [3.63, 3.8) is 0 Å². The van der Waals surface area contributed by atoms with E-state index in [0.29, 0.717) is 42.3 Å². The molecule has 1 fully saturated rings. The lowest BCUT2D eigenvalue weighted by Gasteiger charge is -2.36. The minimum Gasteiger partial charge on any atom is -0.465 e. The van der Waals surface area contributed by atoms with Gasteiger partial charge in [-0.25, -0.2) is 14.2 Å². The van der Waals surface area contributed by atoms with Gasteiger partial charge in [0.1, 0.15) is 11.6 Å². The molecule has 0 bridgehead atoms. The van der Waals surface area contributed by atoms with Crippen molar-refractivity contribution in [2.45, 2.75) is 40.2 Å². The number of hydrogen-bond acceptors (Lipinski definition) is 8. The molecule has 2 aliphatic rings. The topological polar surface area (TPSA) is 78.3 Å². The Labute approximate surface area is 251 Å². The van der Waals surface area contributed by atoms with Gasteiger partial charge in [0.2, 0.25) is 0 Å². The third kappa shape index (κ3) is 6.30. The van der Waals surface area contributed by atoms with E-state index >= 15 is 0 Å². The number of hydrogen-bond donors (Lipinski definition) is 0. The number of methoxy groups -OCH3 is 2. The Morgan fingerprint density at radius 2 is 1.81 bits per heavy atom. The number of fused-ring (bicyclic) bond motifs is 2. The number of para-hydroxylation sites is 1. The van der Waals surface area contributed by atoms with Gasteiger partial charge in [0, 0.05) is 39.8 Å². The van der Waals surface area contributed by atoms with E-state index in [9.17, 15) is 9.18 Å². The van der Waals surface area contributed by atoms with Gasteiger partial charge in [0.15, 0.2) is 11.5 Å². The first kappa shape index (κ1) is 30.3. The number of anilines is 1. The summed E-state index contributed by atoms with van der Waals surface area (Å²) in [5, 5.41) is 0. The minimum atomic E-state index is -0.812. The number of carbonyl (C=O) groups is 1. The molecule has 9 nitrogen and oxygen atoms in total. The number of imidazole rings is 1. The average Bonchev–Trinajstić information content (AvgIpc) is 3.61. The van der Waals surface area contributed by atoms with Gasteiger partial charge in [-0.15, -0.1) is 0 Å². The fourth-order valence-corrected chi connectivity index (χ4v) is 5.48. The Bertz CT molecular complexity index is 1580. The van der Waals surface area contributed by atoms with Crippen LogP contribution in [0.4, 0.5) is 10.1 Å². The standard InChI is InChI=1S/C31H33FN4O5.C2H6/c1-20-7-9-22(23(32)17-20)31-40-27-6-4-5-25(29(27)41-31)35-13-11-34(12-14-35)19-28-33-24-10-8-21(30(37)39-3)18-26(24)36(28)15-16-38-2;1-2/h4-10,17-18,31H,11-16,19H2,1-3H3;1-2H3. The molecule has 4 aromatic rings. The molecule has 1 unspecified atom stereocenters. The number of benzene rings is 3. The number of nitrogens with zero attached hydrogens (tertiary/aromatic N) is 4. The molecule has 1 saturated heterocycles. The molecule has 3 heterocycles. The minimum absolute atomic E-state index is 0.337. The zero-order valence-electron chi connectivity index (χ0n) is 25.4. The number of aromatic nitrogens is 2. The number of esters is 1. The molecule has 0 radical (unpaired) electrons. The molecule has 228 valence electrons. The van der Waals surface area contributed by atoms with Crippen molar-refractivity contribution < 1.29 is 28.1 Å². The molecular weight excluding hydrogens is 551 g/mol. The van der Waals surface area contributed by atoms with Gasteiger partial charge in [0.05, 0.1) is 48.1 Å². The summed E-state index contributed by atoms with van der Waals surface area (Å²) in [6.45, 7) is 10.9. The van der Waals surface area contributed by atoms with Gasteiger partial charge >= 0.3 is 5.97 Å². The molecule has 0 amide bonds. The van der Waals surface area contributed by atoms with Crippen LogP contribution in [-0.2, 0) is 22.6 Å². The quantitative estimate of drug-likeness (QED) is 0.241. The lowest BCUT2D eigenvalue weighted by atomic mass is 10.1. The summed E-state index contributed by atoms with van der Waals surface area (Å²) in [7, 11) is 3.05. The second kappa shape index (κ2) is 13.4. The van der Waals surface area contributed by atoms with Gasteiger partial charge in [-0.2, -0.15) is 0 Å². The highest BCUT2D eigenvalue weighted by Crippen LogP contribution is 2.47. The summed E-state index contributed by atoms with van der Waals surface area (Å²) in [4.78, 5) is 21.7. The summed E-state index contributed by atoms with van der Waals surface area (Å²) < 4.78 is 39.2. The van der Waals surface area contributed by atoms with Crippen molar-refractivity contribution >= 4 is 22.7 Å². The molecular formula is C33H39FN4O5. The Kier molecular flexibility index (Phi) is 9.47. The highest BCUT2D eigenvalue weighted by atomic mass is 19.1. The van der Waals surface area contributed by atoms with Crippen molar-refractivity contribution in [1.82, 2.24) is 14.5 Å². The average molecular weight is 591 g/mol. The molecule has 0 spiro atoms. The summed E-state index contributed by atoms with van der Waals surface area (Å²) in [6, 6.07) is 16.3. The molecule has 6 rings (SSSR count). The predicted molar refractivity (Wildman–Crippen MR) is 163 cm³/mol. The first-order valence-electron chi connectivity index (χ1n) is 14.7. The molecule has 43 heavy (non-hydrogen) atoms. The van der Waals surface area contributed by atoms with Gasteiger partial charge < -0.3 is 28.4 Å². The highest BCUT2D eigenvalue weighted by Gasteiger charge is 2.32. The van der Waals surface area contributed by atoms with E-state index in [0.717, 1.165) is 54.3 Å².